The summed E-state index contributed by atoms with van der Waals surface area (Å²) in [6.45, 7) is 1.72. The Kier molecular flexibility index (Phi) is 8.80. The molecule has 2 N–H and O–H groups in total. The van der Waals surface area contributed by atoms with E-state index in [0.717, 1.165) is 5.56 Å². The topological polar surface area (TPSA) is 100 Å². The van der Waals surface area contributed by atoms with Crippen LogP contribution in [-0.2, 0) is 9.59 Å². The zero-order valence-corrected chi connectivity index (χ0v) is 21.1. The first-order chi connectivity index (χ1) is 16.8. The number of hydrogen-bond donors (Lipinski definition) is 2. The minimum atomic E-state index is -0.638. The number of benzene rings is 3. The van der Waals surface area contributed by atoms with Crippen molar-refractivity contribution in [2.45, 2.75) is 6.92 Å². The number of nitriles is 1. The Bertz CT molecular complexity index is 1300. The molecule has 0 aromatic heterocycles. The maximum absolute atomic E-state index is 13.1. The quantitative estimate of drug-likeness (QED) is 0.212. The minimum Gasteiger partial charge on any atom is -0.493 e. The second-order valence-electron chi connectivity index (χ2n) is 7.37. The van der Waals surface area contributed by atoms with Gasteiger partial charge in [0.1, 0.15) is 17.5 Å². The fourth-order valence-electron chi connectivity index (χ4n) is 2.98. The molecule has 0 radical (unpaired) electrons. The van der Waals surface area contributed by atoms with Crippen LogP contribution >= 0.6 is 22.6 Å². The lowest BCUT2D eigenvalue weighted by atomic mass is 10.1. The number of nitrogens with one attached hydrogen (secondary N) is 2. The number of amides is 2. The average Bonchev–Trinajstić information content (AvgIpc) is 2.84. The van der Waals surface area contributed by atoms with E-state index in [-0.39, 0.29) is 18.1 Å². The van der Waals surface area contributed by atoms with Crippen LogP contribution < -0.4 is 20.1 Å². The highest BCUT2D eigenvalue weighted by molar-refractivity contribution is 14.1. The summed E-state index contributed by atoms with van der Waals surface area (Å²) in [5.41, 5.74) is 2.47. The van der Waals surface area contributed by atoms with Gasteiger partial charge in [-0.2, -0.15) is 5.26 Å². The third-order valence-electron chi connectivity index (χ3n) is 4.71. The molecule has 3 aromatic rings. The summed E-state index contributed by atoms with van der Waals surface area (Å²) in [6, 6.07) is 17.8. The maximum Gasteiger partial charge on any atom is 0.266 e. The molecule has 0 heterocycles. The van der Waals surface area contributed by atoms with Gasteiger partial charge in [0.25, 0.3) is 11.8 Å². The van der Waals surface area contributed by atoms with Crippen LogP contribution in [0.4, 0.5) is 15.8 Å². The molecule has 35 heavy (non-hydrogen) atoms. The van der Waals surface area contributed by atoms with Crippen molar-refractivity contribution in [2.24, 2.45) is 0 Å². The van der Waals surface area contributed by atoms with Crippen molar-refractivity contribution >= 4 is 51.9 Å². The van der Waals surface area contributed by atoms with Gasteiger partial charge in [0.05, 0.1) is 10.7 Å². The van der Waals surface area contributed by atoms with Gasteiger partial charge < -0.3 is 20.1 Å². The highest BCUT2D eigenvalue weighted by atomic mass is 127. The highest BCUT2D eigenvalue weighted by Crippen LogP contribution is 2.34. The Morgan fingerprint density at radius 1 is 1.06 bits per heavy atom. The Hall–Kier alpha value is -3.91. The van der Waals surface area contributed by atoms with Crippen molar-refractivity contribution in [2.75, 3.05) is 24.4 Å². The van der Waals surface area contributed by atoms with Crippen LogP contribution in [0.15, 0.2) is 66.2 Å². The van der Waals surface area contributed by atoms with E-state index in [1.807, 2.05) is 47.7 Å². The number of anilines is 2. The molecule has 0 aliphatic carbocycles. The summed E-state index contributed by atoms with van der Waals surface area (Å²) in [5, 5.41) is 14.8. The van der Waals surface area contributed by atoms with Crippen molar-refractivity contribution in [3.05, 3.63) is 86.8 Å². The van der Waals surface area contributed by atoms with E-state index < -0.39 is 11.7 Å². The van der Waals surface area contributed by atoms with Crippen molar-refractivity contribution in [1.29, 1.82) is 5.26 Å². The molecule has 0 fully saturated rings. The van der Waals surface area contributed by atoms with Crippen molar-refractivity contribution in [3.8, 4) is 17.6 Å². The standard InChI is InChI=1S/C26H21FIN3O4/c1-16-3-7-20(8-4-16)30-24(32)15-35-25-22(28)12-17(13-23(25)34-2)11-18(14-29)26(33)31-21-9-5-19(27)6-10-21/h3-13H,15H2,1-2H3,(H,30,32)(H,31,33)/b18-11+. The van der Waals surface area contributed by atoms with Crippen LogP contribution in [0, 0.1) is 27.6 Å². The average molecular weight is 585 g/mol. The smallest absolute Gasteiger partial charge is 0.266 e. The lowest BCUT2D eigenvalue weighted by Crippen LogP contribution is -2.20. The third-order valence-corrected chi connectivity index (χ3v) is 5.51. The number of ether oxygens (including phenoxy) is 2. The minimum absolute atomic E-state index is 0.154. The molecule has 0 atom stereocenters. The number of aryl methyl sites for hydroxylation is 1. The molecule has 2 amide bonds. The Morgan fingerprint density at radius 3 is 2.31 bits per heavy atom. The number of methoxy groups -OCH3 is 1. The highest BCUT2D eigenvalue weighted by Gasteiger charge is 2.15. The first kappa shape index (κ1) is 25.7. The monoisotopic (exact) mass is 585 g/mol. The maximum atomic E-state index is 13.1. The van der Waals surface area contributed by atoms with Gasteiger partial charge >= 0.3 is 0 Å². The SMILES string of the molecule is COc1cc(/C=C(\C#N)C(=O)Nc2ccc(F)cc2)cc(I)c1OCC(=O)Nc1ccc(C)cc1. The summed E-state index contributed by atoms with van der Waals surface area (Å²) in [5.74, 6) is -0.710. The Balaban J connectivity index is 1.72. The fourth-order valence-corrected chi connectivity index (χ4v) is 3.76. The molecule has 0 bridgehead atoms. The predicted molar refractivity (Wildman–Crippen MR) is 140 cm³/mol. The van der Waals surface area contributed by atoms with Gasteiger partial charge in [-0.05, 0) is 89.7 Å². The van der Waals surface area contributed by atoms with Gasteiger partial charge in [0.2, 0.25) is 0 Å². The molecule has 7 nitrogen and oxygen atoms in total. The Labute approximate surface area is 215 Å². The summed E-state index contributed by atoms with van der Waals surface area (Å²) >= 11 is 2.02. The van der Waals surface area contributed by atoms with Crippen LogP contribution in [0.25, 0.3) is 6.08 Å². The Morgan fingerprint density at radius 2 is 1.69 bits per heavy atom. The van der Waals surface area contributed by atoms with Crippen LogP contribution in [0.1, 0.15) is 11.1 Å². The lowest BCUT2D eigenvalue weighted by Gasteiger charge is -2.14. The zero-order valence-electron chi connectivity index (χ0n) is 18.9. The van der Waals surface area contributed by atoms with Gasteiger partial charge in [-0.15, -0.1) is 0 Å². The largest absolute Gasteiger partial charge is 0.493 e. The summed E-state index contributed by atoms with van der Waals surface area (Å²) in [7, 11) is 1.45. The number of hydrogen-bond acceptors (Lipinski definition) is 5. The third kappa shape index (κ3) is 7.28. The molecule has 0 saturated heterocycles. The summed E-state index contributed by atoms with van der Waals surface area (Å²) in [4.78, 5) is 24.8. The van der Waals surface area contributed by atoms with E-state index in [1.165, 1.54) is 37.5 Å². The van der Waals surface area contributed by atoms with E-state index in [0.29, 0.717) is 32.0 Å². The first-order valence-electron chi connectivity index (χ1n) is 10.3. The molecular formula is C26H21FIN3O4. The van der Waals surface area contributed by atoms with Crippen molar-refractivity contribution < 1.29 is 23.5 Å². The van der Waals surface area contributed by atoms with E-state index in [9.17, 15) is 19.2 Å². The number of carbonyl (C=O) groups excluding carboxylic acids is 2. The molecule has 0 saturated carbocycles. The van der Waals surface area contributed by atoms with Crippen LogP contribution in [0.2, 0.25) is 0 Å². The molecule has 0 unspecified atom stereocenters. The van der Waals surface area contributed by atoms with Crippen LogP contribution in [-0.4, -0.2) is 25.5 Å². The molecule has 9 heteroatoms. The van der Waals surface area contributed by atoms with Gasteiger partial charge in [0.15, 0.2) is 18.1 Å². The molecule has 178 valence electrons. The fraction of sp³-hybridized carbons (Fsp3) is 0.115. The van der Waals surface area contributed by atoms with Crippen molar-refractivity contribution in [3.63, 3.8) is 0 Å². The molecular weight excluding hydrogens is 564 g/mol. The van der Waals surface area contributed by atoms with E-state index in [4.69, 9.17) is 9.47 Å². The van der Waals surface area contributed by atoms with Crippen LogP contribution in [0.5, 0.6) is 11.5 Å². The van der Waals surface area contributed by atoms with Gasteiger partial charge in [-0.25, -0.2) is 4.39 Å². The number of carbonyl (C=O) groups is 2. The van der Waals surface area contributed by atoms with Gasteiger partial charge in [-0.3, -0.25) is 9.59 Å². The molecule has 3 rings (SSSR count). The number of halogens is 2. The summed E-state index contributed by atoms with van der Waals surface area (Å²) in [6.07, 6.45) is 1.40. The molecule has 0 aliphatic rings. The molecule has 3 aromatic carbocycles. The van der Waals surface area contributed by atoms with Gasteiger partial charge in [-0.1, -0.05) is 17.7 Å². The van der Waals surface area contributed by atoms with Gasteiger partial charge in [0, 0.05) is 11.4 Å². The lowest BCUT2D eigenvalue weighted by molar-refractivity contribution is -0.118. The summed E-state index contributed by atoms with van der Waals surface area (Å²) < 4.78 is 24.8. The first-order valence-corrected chi connectivity index (χ1v) is 11.4. The van der Waals surface area contributed by atoms with E-state index in [1.54, 1.807) is 24.3 Å². The number of rotatable bonds is 8. The van der Waals surface area contributed by atoms with Crippen molar-refractivity contribution in [1.82, 2.24) is 0 Å². The number of nitrogens with zero attached hydrogens (tertiary/aromatic N) is 1. The zero-order chi connectivity index (χ0) is 25.4. The van der Waals surface area contributed by atoms with E-state index in [2.05, 4.69) is 10.6 Å². The van der Waals surface area contributed by atoms with Crippen LogP contribution in [0.3, 0.4) is 0 Å². The second-order valence-corrected chi connectivity index (χ2v) is 8.53. The van der Waals surface area contributed by atoms with E-state index >= 15 is 0 Å². The normalized spacial score (nSPS) is 10.8. The second kappa shape index (κ2) is 12.0. The molecule has 0 spiro atoms. The molecule has 0 aliphatic heterocycles. The predicted octanol–water partition coefficient (Wildman–Crippen LogP) is 5.31.